The van der Waals surface area contributed by atoms with Gasteiger partial charge in [-0.3, -0.25) is 0 Å². The van der Waals surface area contributed by atoms with Crippen molar-refractivity contribution in [3.8, 4) is 0 Å². The van der Waals surface area contributed by atoms with E-state index in [1.54, 1.807) is 18.4 Å². The predicted octanol–water partition coefficient (Wildman–Crippen LogP) is 3.01. The number of guanidine groups is 1. The van der Waals surface area contributed by atoms with Crippen molar-refractivity contribution in [2.45, 2.75) is 44.0 Å². The standard InChI is InChI=1S/C19H28N4O3S.HI/c1-2-3-4-12-21-19(22-13-11-17-6-5-14-26-17)23-15-16-7-9-18(10-8-16)27(20,24)25;/h5-10,14H,2-4,11-13,15H2,1H3,(H2,20,24,25)(H2,21,22,23);1H. The number of aliphatic imine (C=N–C) groups is 1. The lowest BCUT2D eigenvalue weighted by Crippen LogP contribution is -2.39. The topological polar surface area (TPSA) is 110 Å². The van der Waals surface area contributed by atoms with Gasteiger partial charge in [-0.2, -0.15) is 0 Å². The van der Waals surface area contributed by atoms with Gasteiger partial charge in [0.2, 0.25) is 10.0 Å². The second-order valence-electron chi connectivity index (χ2n) is 6.24. The zero-order valence-electron chi connectivity index (χ0n) is 16.1. The van der Waals surface area contributed by atoms with Gasteiger partial charge in [0.05, 0.1) is 17.7 Å². The Bertz CT molecular complexity index is 806. The van der Waals surface area contributed by atoms with Crippen LogP contribution in [0.2, 0.25) is 0 Å². The van der Waals surface area contributed by atoms with Crippen LogP contribution in [0.5, 0.6) is 0 Å². The number of unbranched alkanes of at least 4 members (excludes halogenated alkanes) is 2. The van der Waals surface area contributed by atoms with Crippen molar-refractivity contribution >= 4 is 40.0 Å². The van der Waals surface area contributed by atoms with Crippen LogP contribution in [0.25, 0.3) is 0 Å². The Morgan fingerprint density at radius 3 is 2.43 bits per heavy atom. The summed E-state index contributed by atoms with van der Waals surface area (Å²) in [5.74, 6) is 1.65. The van der Waals surface area contributed by atoms with Gasteiger partial charge < -0.3 is 15.1 Å². The Kier molecular flexibility index (Phi) is 11.2. The monoisotopic (exact) mass is 520 g/mol. The van der Waals surface area contributed by atoms with E-state index in [1.165, 1.54) is 18.6 Å². The number of hydrogen-bond donors (Lipinski definition) is 3. The van der Waals surface area contributed by atoms with Crippen LogP contribution in [-0.2, 0) is 23.0 Å². The molecule has 0 amide bonds. The van der Waals surface area contributed by atoms with Crippen LogP contribution >= 0.6 is 24.0 Å². The number of halogens is 1. The number of nitrogens with one attached hydrogen (secondary N) is 2. The quantitative estimate of drug-likeness (QED) is 0.193. The first-order chi connectivity index (χ1) is 13.0. The van der Waals surface area contributed by atoms with E-state index in [0.717, 1.165) is 43.1 Å². The average Bonchev–Trinajstić information content (AvgIpc) is 3.15. The van der Waals surface area contributed by atoms with E-state index in [1.807, 2.05) is 12.1 Å². The number of furan rings is 1. The van der Waals surface area contributed by atoms with E-state index in [0.29, 0.717) is 13.1 Å². The Morgan fingerprint density at radius 2 is 1.82 bits per heavy atom. The third kappa shape index (κ3) is 9.07. The van der Waals surface area contributed by atoms with Gasteiger partial charge in [-0.05, 0) is 36.2 Å². The van der Waals surface area contributed by atoms with E-state index in [9.17, 15) is 8.42 Å². The molecule has 0 aliphatic carbocycles. The minimum atomic E-state index is -3.67. The van der Waals surface area contributed by atoms with Crippen LogP contribution in [0.3, 0.4) is 0 Å². The third-order valence-corrected chi connectivity index (χ3v) is 4.92. The maximum absolute atomic E-state index is 11.3. The van der Waals surface area contributed by atoms with Gasteiger partial charge in [0.15, 0.2) is 5.96 Å². The van der Waals surface area contributed by atoms with Crippen LogP contribution in [-0.4, -0.2) is 27.5 Å². The molecule has 0 saturated heterocycles. The minimum Gasteiger partial charge on any atom is -0.469 e. The van der Waals surface area contributed by atoms with Gasteiger partial charge in [0.1, 0.15) is 5.76 Å². The summed E-state index contributed by atoms with van der Waals surface area (Å²) in [6.45, 7) is 4.17. The molecule has 2 aromatic rings. The summed E-state index contributed by atoms with van der Waals surface area (Å²) in [6.07, 6.45) is 5.85. The molecule has 0 unspecified atom stereocenters. The lowest BCUT2D eigenvalue weighted by Gasteiger charge is -2.12. The molecular formula is C19H29IN4O3S. The smallest absolute Gasteiger partial charge is 0.238 e. The molecule has 9 heteroatoms. The summed E-state index contributed by atoms with van der Waals surface area (Å²) in [4.78, 5) is 4.69. The molecule has 2 rings (SSSR count). The van der Waals surface area contributed by atoms with Crippen molar-refractivity contribution in [1.29, 1.82) is 0 Å². The van der Waals surface area contributed by atoms with Gasteiger partial charge in [0.25, 0.3) is 0 Å². The van der Waals surface area contributed by atoms with E-state index < -0.39 is 10.0 Å². The molecule has 7 nitrogen and oxygen atoms in total. The average molecular weight is 520 g/mol. The zero-order valence-corrected chi connectivity index (χ0v) is 19.2. The number of nitrogens with two attached hydrogens (primary N) is 1. The van der Waals surface area contributed by atoms with Crippen LogP contribution < -0.4 is 15.8 Å². The fourth-order valence-corrected chi connectivity index (χ4v) is 2.99. The molecule has 0 fully saturated rings. The maximum atomic E-state index is 11.3. The molecule has 0 saturated carbocycles. The Balaban J connectivity index is 0.00000392. The first-order valence-corrected chi connectivity index (χ1v) is 10.7. The van der Waals surface area contributed by atoms with Crippen molar-refractivity contribution in [1.82, 2.24) is 10.6 Å². The van der Waals surface area contributed by atoms with Crippen molar-refractivity contribution in [2.75, 3.05) is 13.1 Å². The van der Waals surface area contributed by atoms with Gasteiger partial charge in [0, 0.05) is 19.5 Å². The number of rotatable bonds is 10. The Morgan fingerprint density at radius 1 is 1.11 bits per heavy atom. The first kappa shape index (κ1) is 24.4. The van der Waals surface area contributed by atoms with Crippen molar-refractivity contribution in [2.24, 2.45) is 10.1 Å². The van der Waals surface area contributed by atoms with Crippen molar-refractivity contribution in [3.05, 3.63) is 54.0 Å². The molecule has 1 aromatic heterocycles. The zero-order chi connectivity index (χ0) is 19.5. The molecule has 0 radical (unpaired) electrons. The highest BCUT2D eigenvalue weighted by Crippen LogP contribution is 2.09. The lowest BCUT2D eigenvalue weighted by molar-refractivity contribution is 0.506. The Hall–Kier alpha value is -1.59. The molecular weight excluding hydrogens is 491 g/mol. The minimum absolute atomic E-state index is 0. The molecule has 1 heterocycles. The maximum Gasteiger partial charge on any atom is 0.238 e. The predicted molar refractivity (Wildman–Crippen MR) is 122 cm³/mol. The Labute approximate surface area is 184 Å². The van der Waals surface area contributed by atoms with E-state index in [2.05, 4.69) is 22.5 Å². The summed E-state index contributed by atoms with van der Waals surface area (Å²) < 4.78 is 28.0. The number of nitrogens with zero attached hydrogens (tertiary/aromatic N) is 1. The van der Waals surface area contributed by atoms with Crippen LogP contribution in [0, 0.1) is 0 Å². The molecule has 156 valence electrons. The summed E-state index contributed by atoms with van der Waals surface area (Å²) >= 11 is 0. The van der Waals surface area contributed by atoms with Crippen molar-refractivity contribution in [3.63, 3.8) is 0 Å². The molecule has 0 spiro atoms. The van der Waals surface area contributed by atoms with Gasteiger partial charge in [-0.25, -0.2) is 18.5 Å². The fraction of sp³-hybridized carbons (Fsp3) is 0.421. The van der Waals surface area contributed by atoms with Crippen LogP contribution in [0.4, 0.5) is 0 Å². The number of primary sulfonamides is 1. The van der Waals surface area contributed by atoms with Crippen molar-refractivity contribution < 1.29 is 12.8 Å². The van der Waals surface area contributed by atoms with Crippen LogP contribution in [0.1, 0.15) is 37.5 Å². The van der Waals surface area contributed by atoms with E-state index in [-0.39, 0.29) is 28.9 Å². The molecule has 0 aliphatic heterocycles. The summed E-state index contributed by atoms with van der Waals surface area (Å²) in [5.41, 5.74) is 0.906. The molecule has 0 aliphatic rings. The molecule has 0 bridgehead atoms. The van der Waals surface area contributed by atoms with E-state index in [4.69, 9.17) is 9.56 Å². The summed E-state index contributed by atoms with van der Waals surface area (Å²) in [5, 5.41) is 11.8. The van der Waals surface area contributed by atoms with Gasteiger partial charge in [-0.15, -0.1) is 24.0 Å². The number of hydrogen-bond acceptors (Lipinski definition) is 4. The summed E-state index contributed by atoms with van der Waals surface area (Å²) in [6, 6.07) is 10.3. The highest BCUT2D eigenvalue weighted by atomic mass is 127. The molecule has 1 aromatic carbocycles. The van der Waals surface area contributed by atoms with Crippen LogP contribution in [0.15, 0.2) is 57.0 Å². The normalized spacial score (nSPS) is 11.7. The molecule has 28 heavy (non-hydrogen) atoms. The lowest BCUT2D eigenvalue weighted by atomic mass is 10.2. The van der Waals surface area contributed by atoms with Gasteiger partial charge in [-0.1, -0.05) is 31.9 Å². The fourth-order valence-electron chi connectivity index (χ4n) is 2.47. The number of benzene rings is 1. The molecule has 0 atom stereocenters. The second-order valence-corrected chi connectivity index (χ2v) is 7.81. The van der Waals surface area contributed by atoms with E-state index >= 15 is 0 Å². The van der Waals surface area contributed by atoms with Gasteiger partial charge >= 0.3 is 0 Å². The first-order valence-electron chi connectivity index (χ1n) is 9.15. The molecule has 4 N–H and O–H groups in total. The highest BCUT2D eigenvalue weighted by Gasteiger charge is 2.06. The SMILES string of the molecule is CCCCCNC(=NCc1ccc(S(N)(=O)=O)cc1)NCCc1ccco1.I. The third-order valence-electron chi connectivity index (χ3n) is 3.99. The number of sulfonamides is 1. The largest absolute Gasteiger partial charge is 0.469 e. The second kappa shape index (κ2) is 12.8. The highest BCUT2D eigenvalue weighted by molar-refractivity contribution is 14.0. The summed E-state index contributed by atoms with van der Waals surface area (Å²) in [7, 11) is -3.67.